The van der Waals surface area contributed by atoms with E-state index in [-0.39, 0.29) is 14.7 Å². The first-order valence-corrected chi connectivity index (χ1v) is 9.47. The summed E-state index contributed by atoms with van der Waals surface area (Å²) in [5, 5.41) is 1.99. The summed E-state index contributed by atoms with van der Waals surface area (Å²) in [6.07, 6.45) is 0.693. The van der Waals surface area contributed by atoms with Gasteiger partial charge in [-0.25, -0.2) is 13.4 Å². The molecule has 0 aromatic carbocycles. The smallest absolute Gasteiger partial charge is 0.229 e. The molecule has 0 saturated heterocycles. The predicted octanol–water partition coefficient (Wildman–Crippen LogP) is 3.42. The number of aromatic nitrogens is 1. The van der Waals surface area contributed by atoms with Gasteiger partial charge in [0.2, 0.25) is 0 Å². The normalized spacial score (nSPS) is 13.8. The topological polar surface area (TPSA) is 50.3 Å². The molecule has 1 atom stereocenters. The molecule has 20 heavy (non-hydrogen) atoms. The van der Waals surface area contributed by atoms with Gasteiger partial charge in [0.05, 0.1) is 5.69 Å². The maximum Gasteiger partial charge on any atom is 0.254 e. The number of halogens is 1. The number of sulfonamides is 1. The van der Waals surface area contributed by atoms with Gasteiger partial charge in [-0.05, 0) is 31.7 Å². The molecule has 2 aromatic rings. The van der Waals surface area contributed by atoms with Crippen LogP contribution in [0.4, 0.5) is 0 Å². The van der Waals surface area contributed by atoms with Crippen molar-refractivity contribution in [2.45, 2.75) is 30.5 Å². The van der Waals surface area contributed by atoms with Gasteiger partial charge in [-0.1, -0.05) is 29.0 Å². The van der Waals surface area contributed by atoms with Gasteiger partial charge >= 0.3 is 0 Å². The quantitative estimate of drug-likeness (QED) is 0.830. The summed E-state index contributed by atoms with van der Waals surface area (Å²) in [7, 11) is -1.94. The third-order valence-electron chi connectivity index (χ3n) is 3.04. The Bertz CT molecular complexity index is 680. The molecule has 1 unspecified atom stereocenters. The van der Waals surface area contributed by atoms with Crippen LogP contribution in [0, 0.1) is 6.92 Å². The Morgan fingerprint density at radius 3 is 2.70 bits per heavy atom. The Morgan fingerprint density at radius 1 is 1.50 bits per heavy atom. The zero-order chi connectivity index (χ0) is 14.9. The summed E-state index contributed by atoms with van der Waals surface area (Å²) in [6, 6.07) is 3.85. The van der Waals surface area contributed by atoms with Gasteiger partial charge < -0.3 is 0 Å². The molecule has 2 rings (SSSR count). The number of hydrogen-bond donors (Lipinski definition) is 0. The minimum Gasteiger partial charge on any atom is -0.229 e. The molecule has 0 N–H and O–H groups in total. The molecule has 0 amide bonds. The van der Waals surface area contributed by atoms with Crippen molar-refractivity contribution in [1.29, 1.82) is 0 Å². The fourth-order valence-corrected chi connectivity index (χ4v) is 5.90. The van der Waals surface area contributed by atoms with Gasteiger partial charge in [-0.2, -0.15) is 4.31 Å². The van der Waals surface area contributed by atoms with Crippen LogP contribution >= 0.6 is 34.3 Å². The lowest BCUT2D eigenvalue weighted by molar-refractivity contribution is 0.389. The van der Waals surface area contributed by atoms with Gasteiger partial charge in [0.25, 0.3) is 10.0 Å². The average molecular weight is 351 g/mol. The predicted molar refractivity (Wildman–Crippen MR) is 84.3 cm³/mol. The molecular formula is C12H15ClN2O2S3. The second-order valence-electron chi connectivity index (χ2n) is 4.49. The number of aryl methyl sites for hydroxylation is 1. The van der Waals surface area contributed by atoms with E-state index in [2.05, 4.69) is 4.98 Å². The number of likely N-dealkylation sites (N-methyl/N-ethyl adjacent to an activating group) is 1. The highest BCUT2D eigenvalue weighted by molar-refractivity contribution is 7.91. The minimum absolute atomic E-state index is 0.126. The van der Waals surface area contributed by atoms with E-state index in [1.807, 2.05) is 24.4 Å². The number of nitrogens with zero attached hydrogens (tertiary/aromatic N) is 2. The Balaban J connectivity index is 2.22. The molecule has 110 valence electrons. The largest absolute Gasteiger partial charge is 0.254 e. The molecule has 8 heteroatoms. The zero-order valence-corrected chi connectivity index (χ0v) is 14.5. The van der Waals surface area contributed by atoms with E-state index in [9.17, 15) is 8.42 Å². The summed E-state index contributed by atoms with van der Waals surface area (Å²) in [5.74, 6) is 0. The van der Waals surface area contributed by atoms with Crippen LogP contribution in [0.1, 0.15) is 17.5 Å². The van der Waals surface area contributed by atoms with E-state index in [1.165, 1.54) is 9.18 Å². The maximum absolute atomic E-state index is 12.6. The third kappa shape index (κ3) is 3.23. The fourth-order valence-electron chi connectivity index (χ4n) is 1.81. The Hall–Kier alpha value is -0.470. The van der Waals surface area contributed by atoms with Gasteiger partial charge in [0.15, 0.2) is 8.68 Å². The van der Waals surface area contributed by atoms with Crippen LogP contribution in [0.5, 0.6) is 0 Å². The first-order valence-electron chi connectivity index (χ1n) is 5.95. The van der Waals surface area contributed by atoms with Gasteiger partial charge in [-0.3, -0.25) is 0 Å². The van der Waals surface area contributed by atoms with Crippen LogP contribution in [0.25, 0.3) is 0 Å². The van der Waals surface area contributed by atoms with Crippen LogP contribution in [0.15, 0.2) is 21.7 Å². The Morgan fingerprint density at radius 2 is 2.20 bits per heavy atom. The van der Waals surface area contributed by atoms with Crippen molar-refractivity contribution in [3.63, 3.8) is 0 Å². The molecule has 0 saturated carbocycles. The van der Waals surface area contributed by atoms with E-state index in [0.29, 0.717) is 12.1 Å². The van der Waals surface area contributed by atoms with Crippen molar-refractivity contribution in [1.82, 2.24) is 9.29 Å². The van der Waals surface area contributed by atoms with E-state index in [0.717, 1.165) is 11.3 Å². The van der Waals surface area contributed by atoms with Crippen molar-refractivity contribution in [2.24, 2.45) is 0 Å². The monoisotopic (exact) mass is 350 g/mol. The van der Waals surface area contributed by atoms with Crippen molar-refractivity contribution >= 4 is 44.3 Å². The van der Waals surface area contributed by atoms with Gasteiger partial charge in [0.1, 0.15) is 0 Å². The minimum atomic E-state index is -3.54. The molecule has 4 nitrogen and oxygen atoms in total. The Kier molecular flexibility index (Phi) is 4.86. The van der Waals surface area contributed by atoms with Crippen LogP contribution in [-0.4, -0.2) is 30.8 Å². The highest BCUT2D eigenvalue weighted by Crippen LogP contribution is 2.30. The van der Waals surface area contributed by atoms with Crippen molar-refractivity contribution in [3.05, 3.63) is 32.6 Å². The van der Waals surface area contributed by atoms with Crippen LogP contribution < -0.4 is 0 Å². The molecule has 0 spiro atoms. The Labute approximate surface area is 132 Å². The molecule has 0 bridgehead atoms. The van der Waals surface area contributed by atoms with Gasteiger partial charge in [-0.15, -0.1) is 11.3 Å². The third-order valence-corrected chi connectivity index (χ3v) is 7.76. The van der Waals surface area contributed by atoms with Crippen molar-refractivity contribution in [2.75, 3.05) is 7.05 Å². The molecular weight excluding hydrogens is 336 g/mol. The number of thiophene rings is 1. The summed E-state index contributed by atoms with van der Waals surface area (Å²) in [4.78, 5) is 5.14. The standard InChI is InChI=1S/C12H15ClN2O2S3/c1-8(7-10-5-4-6-18-10)15(3)20(16,17)11-9(2)14-12(13)19-11/h4-6,8H,7H2,1-3H3. The highest BCUT2D eigenvalue weighted by Gasteiger charge is 2.29. The molecule has 0 radical (unpaired) electrons. The lowest BCUT2D eigenvalue weighted by Crippen LogP contribution is -2.36. The first-order chi connectivity index (χ1) is 9.32. The molecule has 0 aliphatic rings. The van der Waals surface area contributed by atoms with Crippen molar-refractivity contribution < 1.29 is 8.42 Å². The summed E-state index contributed by atoms with van der Waals surface area (Å²) < 4.78 is 27.0. The number of hydrogen-bond acceptors (Lipinski definition) is 5. The van der Waals surface area contributed by atoms with E-state index < -0.39 is 10.0 Å². The molecule has 2 aromatic heterocycles. The molecule has 0 aliphatic carbocycles. The molecule has 0 aliphatic heterocycles. The van der Waals surface area contributed by atoms with Crippen LogP contribution in [0.3, 0.4) is 0 Å². The van der Waals surface area contributed by atoms with Gasteiger partial charge in [0, 0.05) is 18.0 Å². The second-order valence-corrected chi connectivity index (χ2v) is 9.30. The highest BCUT2D eigenvalue weighted by atomic mass is 35.5. The second kappa shape index (κ2) is 6.11. The van der Waals surface area contributed by atoms with Crippen LogP contribution in [-0.2, 0) is 16.4 Å². The summed E-state index contributed by atoms with van der Waals surface area (Å²) >= 11 is 8.43. The lowest BCUT2D eigenvalue weighted by atomic mass is 10.2. The summed E-state index contributed by atoms with van der Waals surface area (Å²) in [6.45, 7) is 3.56. The lowest BCUT2D eigenvalue weighted by Gasteiger charge is -2.23. The fraction of sp³-hybridized carbons (Fsp3) is 0.417. The van der Waals surface area contributed by atoms with E-state index >= 15 is 0 Å². The van der Waals surface area contributed by atoms with Crippen LogP contribution in [0.2, 0.25) is 4.47 Å². The molecule has 2 heterocycles. The molecule has 0 fully saturated rings. The SMILES string of the molecule is Cc1nc(Cl)sc1S(=O)(=O)N(C)C(C)Cc1cccs1. The average Bonchev–Trinajstić information content (AvgIpc) is 2.98. The number of rotatable bonds is 5. The van der Waals surface area contributed by atoms with Crippen molar-refractivity contribution in [3.8, 4) is 0 Å². The van der Waals surface area contributed by atoms with E-state index in [1.54, 1.807) is 25.3 Å². The maximum atomic E-state index is 12.6. The van der Waals surface area contributed by atoms with E-state index in [4.69, 9.17) is 11.6 Å². The first kappa shape index (κ1) is 15.9. The zero-order valence-electron chi connectivity index (χ0n) is 11.3. The summed E-state index contributed by atoms with van der Waals surface area (Å²) in [5.41, 5.74) is 0.454. The number of thiazole rings is 1.